The number of hydrogen-bond donors (Lipinski definition) is 1. The Kier molecular flexibility index (Phi) is 11.6. The van der Waals surface area contributed by atoms with E-state index in [-0.39, 0.29) is 0 Å². The molecule has 18 heavy (non-hydrogen) atoms. The lowest BCUT2D eigenvalue weighted by Gasteiger charge is -2.29. The summed E-state index contributed by atoms with van der Waals surface area (Å²) in [6, 6.07) is 0. The number of hydrogen-bond acceptors (Lipinski definition) is 4. The SMILES string of the molecule is CCO[Si](C)(OCC)C(O)CC.CO[Si](C)(C)C. The maximum Gasteiger partial charge on any atom is 0.364 e. The van der Waals surface area contributed by atoms with Gasteiger partial charge >= 0.3 is 8.56 Å². The van der Waals surface area contributed by atoms with Crippen LogP contribution in [-0.4, -0.2) is 48.0 Å². The molecule has 4 nitrogen and oxygen atoms in total. The standard InChI is InChI=1S/C8H20O3Si.C4H12OSi/c1-5-8(9)12(4,10-6-2)11-7-3;1-5-6(2,3)4/h8-9H,5-7H2,1-4H3;1-4H3. The zero-order chi connectivity index (χ0) is 14.8. The molecule has 1 unspecified atom stereocenters. The summed E-state index contributed by atoms with van der Waals surface area (Å²) in [6.45, 7) is 15.4. The van der Waals surface area contributed by atoms with E-state index in [2.05, 4.69) is 19.6 Å². The summed E-state index contributed by atoms with van der Waals surface area (Å²) in [4.78, 5) is 0. The highest BCUT2D eigenvalue weighted by Crippen LogP contribution is 2.14. The Hall–Kier alpha value is 0.274. The average molecular weight is 297 g/mol. The zero-order valence-corrected chi connectivity index (χ0v) is 15.4. The van der Waals surface area contributed by atoms with Crippen molar-refractivity contribution in [1.29, 1.82) is 0 Å². The number of aliphatic hydroxyl groups is 1. The minimum atomic E-state index is -2.30. The van der Waals surface area contributed by atoms with Crippen molar-refractivity contribution in [3.05, 3.63) is 0 Å². The van der Waals surface area contributed by atoms with Crippen LogP contribution >= 0.6 is 0 Å². The van der Waals surface area contributed by atoms with E-state index in [0.717, 1.165) is 0 Å². The normalized spacial score (nSPS) is 13.8. The summed E-state index contributed by atoms with van der Waals surface area (Å²) in [5.74, 6) is 0. The molecule has 0 aliphatic heterocycles. The molecule has 0 aliphatic carbocycles. The van der Waals surface area contributed by atoms with Gasteiger partial charge in [-0.25, -0.2) is 0 Å². The molecule has 0 fully saturated rings. The predicted molar refractivity (Wildman–Crippen MR) is 81.5 cm³/mol. The Balaban J connectivity index is 0. The van der Waals surface area contributed by atoms with Gasteiger partial charge in [-0.1, -0.05) is 6.92 Å². The van der Waals surface area contributed by atoms with E-state index in [1.54, 1.807) is 7.11 Å². The molecule has 1 atom stereocenters. The second-order valence-electron chi connectivity index (χ2n) is 5.12. The Labute approximate surface area is 115 Å². The largest absolute Gasteiger partial charge is 0.421 e. The molecule has 0 aromatic rings. The molecule has 0 radical (unpaired) electrons. The van der Waals surface area contributed by atoms with E-state index in [9.17, 15) is 5.11 Å². The molecule has 0 heterocycles. The molecular formula is C12H32O4Si2. The molecule has 0 bridgehead atoms. The highest BCUT2D eigenvalue weighted by Gasteiger charge is 2.38. The molecule has 0 aliphatic rings. The molecule has 0 saturated heterocycles. The molecule has 0 aromatic carbocycles. The first-order valence-electron chi connectivity index (χ1n) is 6.67. The lowest BCUT2D eigenvalue weighted by molar-refractivity contribution is 0.114. The number of rotatable bonds is 7. The molecule has 6 heteroatoms. The second-order valence-corrected chi connectivity index (χ2v) is 13.0. The fraction of sp³-hybridized carbons (Fsp3) is 1.00. The average Bonchev–Trinajstić information content (AvgIpc) is 2.28. The highest BCUT2D eigenvalue weighted by atomic mass is 28.4. The summed E-state index contributed by atoms with van der Waals surface area (Å²) in [7, 11) is -1.66. The molecule has 1 N–H and O–H groups in total. The zero-order valence-electron chi connectivity index (χ0n) is 13.4. The maximum absolute atomic E-state index is 9.65. The fourth-order valence-corrected chi connectivity index (χ4v) is 3.53. The van der Waals surface area contributed by atoms with Crippen molar-refractivity contribution in [1.82, 2.24) is 0 Å². The van der Waals surface area contributed by atoms with Gasteiger partial charge in [-0.15, -0.1) is 0 Å². The van der Waals surface area contributed by atoms with Gasteiger partial charge in [0.1, 0.15) is 0 Å². The lowest BCUT2D eigenvalue weighted by atomic mass is 10.5. The lowest BCUT2D eigenvalue weighted by Crippen LogP contribution is -2.50. The Bertz CT molecular complexity index is 189. The first-order valence-corrected chi connectivity index (χ1v) is 12.5. The summed E-state index contributed by atoms with van der Waals surface area (Å²) in [6.07, 6.45) is 0.697. The minimum absolute atomic E-state index is 0.419. The summed E-state index contributed by atoms with van der Waals surface area (Å²) in [5.41, 5.74) is -0.419. The van der Waals surface area contributed by atoms with Crippen molar-refractivity contribution in [2.24, 2.45) is 0 Å². The summed E-state index contributed by atoms with van der Waals surface area (Å²) in [5, 5.41) is 9.65. The van der Waals surface area contributed by atoms with Crippen LogP contribution in [0.3, 0.4) is 0 Å². The minimum Gasteiger partial charge on any atom is -0.421 e. The van der Waals surface area contributed by atoms with Gasteiger partial charge in [0.15, 0.2) is 8.32 Å². The fourth-order valence-electron chi connectivity index (χ4n) is 1.18. The molecule has 0 amide bonds. The maximum atomic E-state index is 9.65. The van der Waals surface area contributed by atoms with Crippen molar-refractivity contribution in [3.8, 4) is 0 Å². The van der Waals surface area contributed by atoms with Crippen LogP contribution < -0.4 is 0 Å². The van der Waals surface area contributed by atoms with Crippen LogP contribution in [0.5, 0.6) is 0 Å². The van der Waals surface area contributed by atoms with E-state index >= 15 is 0 Å². The van der Waals surface area contributed by atoms with Crippen LogP contribution in [0, 0.1) is 0 Å². The van der Waals surface area contributed by atoms with Crippen molar-refractivity contribution < 1.29 is 18.4 Å². The van der Waals surface area contributed by atoms with Gasteiger partial charge < -0.3 is 18.4 Å². The monoisotopic (exact) mass is 296 g/mol. The van der Waals surface area contributed by atoms with Gasteiger partial charge in [-0.3, -0.25) is 0 Å². The Morgan fingerprint density at radius 1 is 0.944 bits per heavy atom. The summed E-state index contributed by atoms with van der Waals surface area (Å²) >= 11 is 0. The third kappa shape index (κ3) is 10.2. The Morgan fingerprint density at radius 3 is 1.44 bits per heavy atom. The predicted octanol–water partition coefficient (Wildman–Crippen LogP) is 2.91. The molecule has 112 valence electrons. The van der Waals surface area contributed by atoms with Crippen molar-refractivity contribution in [2.75, 3.05) is 20.3 Å². The van der Waals surface area contributed by atoms with E-state index in [0.29, 0.717) is 19.6 Å². The van der Waals surface area contributed by atoms with Crippen LogP contribution in [-0.2, 0) is 13.3 Å². The molecule has 0 spiro atoms. The number of aliphatic hydroxyl groups excluding tert-OH is 1. The topological polar surface area (TPSA) is 47.9 Å². The van der Waals surface area contributed by atoms with E-state index in [4.69, 9.17) is 13.3 Å². The van der Waals surface area contributed by atoms with Crippen molar-refractivity contribution in [2.45, 2.75) is 59.1 Å². The molecular weight excluding hydrogens is 264 g/mol. The van der Waals surface area contributed by atoms with Crippen LogP contribution in [0.25, 0.3) is 0 Å². The van der Waals surface area contributed by atoms with Crippen LogP contribution in [0.4, 0.5) is 0 Å². The molecule has 0 saturated carbocycles. The van der Waals surface area contributed by atoms with Gasteiger partial charge in [0.05, 0.1) is 5.73 Å². The molecule has 0 rings (SSSR count). The van der Waals surface area contributed by atoms with Crippen LogP contribution in [0.1, 0.15) is 27.2 Å². The first-order chi connectivity index (χ1) is 8.16. The van der Waals surface area contributed by atoms with E-state index in [1.165, 1.54) is 0 Å². The van der Waals surface area contributed by atoms with Gasteiger partial charge in [-0.2, -0.15) is 0 Å². The quantitative estimate of drug-likeness (QED) is 0.734. The van der Waals surface area contributed by atoms with Gasteiger partial charge in [0.25, 0.3) is 0 Å². The van der Waals surface area contributed by atoms with Crippen LogP contribution in [0.15, 0.2) is 0 Å². The smallest absolute Gasteiger partial charge is 0.364 e. The second kappa shape index (κ2) is 10.1. The summed E-state index contributed by atoms with van der Waals surface area (Å²) < 4.78 is 16.1. The highest BCUT2D eigenvalue weighted by molar-refractivity contribution is 6.69. The first kappa shape index (κ1) is 20.6. The van der Waals surface area contributed by atoms with E-state index < -0.39 is 22.6 Å². The molecule has 0 aromatic heterocycles. The third-order valence-corrected chi connectivity index (χ3v) is 7.03. The van der Waals surface area contributed by atoms with E-state index in [1.807, 2.05) is 27.3 Å². The van der Waals surface area contributed by atoms with Gasteiger partial charge in [-0.05, 0) is 46.5 Å². The van der Waals surface area contributed by atoms with Crippen molar-refractivity contribution >= 4 is 16.9 Å². The van der Waals surface area contributed by atoms with Gasteiger partial charge in [0, 0.05) is 20.3 Å². The van der Waals surface area contributed by atoms with Crippen LogP contribution in [0.2, 0.25) is 26.2 Å². The van der Waals surface area contributed by atoms with Crippen molar-refractivity contribution in [3.63, 3.8) is 0 Å². The Morgan fingerprint density at radius 2 is 1.28 bits per heavy atom. The van der Waals surface area contributed by atoms with Gasteiger partial charge in [0.2, 0.25) is 0 Å². The third-order valence-electron chi connectivity index (χ3n) is 2.47.